The summed E-state index contributed by atoms with van der Waals surface area (Å²) in [5.74, 6) is 0.993. The molecular formula is C28H24N4O. The fourth-order valence-electron chi connectivity index (χ4n) is 5.71. The first-order chi connectivity index (χ1) is 16.4. The first-order valence-electron chi connectivity index (χ1n) is 11.7. The van der Waals surface area contributed by atoms with Crippen molar-refractivity contribution in [2.45, 2.75) is 37.7 Å². The highest BCUT2D eigenvalue weighted by Crippen LogP contribution is 2.50. The molecule has 2 aliphatic rings. The smallest absolute Gasteiger partial charge is 0.155 e. The topological polar surface area (TPSA) is 43.2 Å². The molecule has 0 saturated carbocycles. The van der Waals surface area contributed by atoms with Gasteiger partial charge in [0.25, 0.3) is 0 Å². The van der Waals surface area contributed by atoms with Crippen molar-refractivity contribution in [1.29, 1.82) is 0 Å². The number of ether oxygens (including phenoxy) is 1. The molecule has 1 fully saturated rings. The molecule has 0 bridgehead atoms. The number of piperidine rings is 1. The quantitative estimate of drug-likeness (QED) is 0.339. The second kappa shape index (κ2) is 7.42. The molecule has 4 aromatic carbocycles. The van der Waals surface area contributed by atoms with Gasteiger partial charge in [0, 0.05) is 5.56 Å². The Labute approximate surface area is 192 Å². The van der Waals surface area contributed by atoms with Crippen LogP contribution in [0.5, 0.6) is 5.75 Å². The summed E-state index contributed by atoms with van der Waals surface area (Å²) < 4.78 is 8.81. The van der Waals surface area contributed by atoms with Crippen molar-refractivity contribution in [2.24, 2.45) is 0 Å². The van der Waals surface area contributed by atoms with Crippen LogP contribution in [-0.2, 0) is 0 Å². The monoisotopic (exact) mass is 432 g/mol. The van der Waals surface area contributed by atoms with Crippen LogP contribution in [-0.4, -0.2) is 26.1 Å². The van der Waals surface area contributed by atoms with Crippen molar-refractivity contribution >= 4 is 21.8 Å². The van der Waals surface area contributed by atoms with Gasteiger partial charge in [0.1, 0.15) is 17.4 Å². The van der Waals surface area contributed by atoms with Crippen LogP contribution in [0.2, 0.25) is 0 Å². The molecule has 3 atom stereocenters. The number of fused-ring (bicyclic) bond motifs is 5. The van der Waals surface area contributed by atoms with Crippen LogP contribution in [0.25, 0.3) is 21.8 Å². The molecule has 5 nitrogen and oxygen atoms in total. The molecule has 0 spiro atoms. The van der Waals surface area contributed by atoms with E-state index in [0.29, 0.717) is 0 Å². The van der Waals surface area contributed by atoms with E-state index in [4.69, 9.17) is 4.74 Å². The maximum Gasteiger partial charge on any atom is 0.155 e. The largest absolute Gasteiger partial charge is 0.475 e. The van der Waals surface area contributed by atoms with E-state index in [9.17, 15) is 0 Å². The molecule has 3 heterocycles. The van der Waals surface area contributed by atoms with E-state index in [0.717, 1.165) is 36.0 Å². The van der Waals surface area contributed by atoms with Gasteiger partial charge in [-0.05, 0) is 53.8 Å². The first-order valence-corrected chi connectivity index (χ1v) is 11.7. The van der Waals surface area contributed by atoms with E-state index in [1.165, 1.54) is 21.9 Å². The predicted molar refractivity (Wildman–Crippen MR) is 129 cm³/mol. The minimum atomic E-state index is -0.00872. The van der Waals surface area contributed by atoms with Gasteiger partial charge in [-0.3, -0.25) is 0 Å². The Hall–Kier alpha value is -3.70. The van der Waals surface area contributed by atoms with E-state index in [1.54, 1.807) is 0 Å². The minimum absolute atomic E-state index is 0.00872. The average molecular weight is 433 g/mol. The highest BCUT2D eigenvalue weighted by atomic mass is 16.5. The standard InChI is InChI=1S/C28H24N4O/c1-2-10-20(11-3-1)28-27-21-12-5-4-9-19(21)17-18-24(27)33-26-16-8-15-25(31(26)28)32-23-14-7-6-13-22(23)29-30-32/h1-7,9-14,17-18,25-26,28H,8,15-16H2/t25-,26-,28+/m1/s1. The normalized spacial score (nSPS) is 22.6. The summed E-state index contributed by atoms with van der Waals surface area (Å²) in [6.07, 6.45) is 3.15. The summed E-state index contributed by atoms with van der Waals surface area (Å²) in [4.78, 5) is 2.54. The van der Waals surface area contributed by atoms with Crippen molar-refractivity contribution < 1.29 is 4.74 Å². The summed E-state index contributed by atoms with van der Waals surface area (Å²) in [5, 5.41) is 11.6. The third kappa shape index (κ3) is 2.89. The predicted octanol–water partition coefficient (Wildman–Crippen LogP) is 6.08. The van der Waals surface area contributed by atoms with Gasteiger partial charge in [-0.2, -0.15) is 0 Å². The lowest BCUT2D eigenvalue weighted by Crippen LogP contribution is -2.51. The van der Waals surface area contributed by atoms with E-state index >= 15 is 0 Å². The third-order valence-corrected chi connectivity index (χ3v) is 7.13. The Bertz CT molecular complexity index is 1460. The van der Waals surface area contributed by atoms with Gasteiger partial charge in [0.2, 0.25) is 0 Å². The number of para-hydroxylation sites is 1. The number of hydrogen-bond acceptors (Lipinski definition) is 4. The molecule has 0 aliphatic carbocycles. The Morgan fingerprint density at radius 1 is 0.788 bits per heavy atom. The van der Waals surface area contributed by atoms with E-state index in [2.05, 4.69) is 98.8 Å². The Morgan fingerprint density at radius 2 is 1.61 bits per heavy atom. The maximum absolute atomic E-state index is 6.70. The Balaban J connectivity index is 1.48. The van der Waals surface area contributed by atoms with Crippen LogP contribution in [0.15, 0.2) is 91.0 Å². The number of rotatable bonds is 2. The van der Waals surface area contributed by atoms with Crippen LogP contribution < -0.4 is 4.74 Å². The van der Waals surface area contributed by atoms with Crippen molar-refractivity contribution in [3.05, 3.63) is 102 Å². The summed E-state index contributed by atoms with van der Waals surface area (Å²) >= 11 is 0. The van der Waals surface area contributed by atoms with Crippen LogP contribution in [0.3, 0.4) is 0 Å². The molecule has 5 aromatic rings. The zero-order valence-electron chi connectivity index (χ0n) is 18.2. The van der Waals surface area contributed by atoms with Gasteiger partial charge in [0.15, 0.2) is 6.23 Å². The van der Waals surface area contributed by atoms with Crippen molar-refractivity contribution in [3.63, 3.8) is 0 Å². The average Bonchev–Trinajstić information content (AvgIpc) is 3.31. The molecule has 0 radical (unpaired) electrons. The molecule has 7 rings (SSSR count). The molecule has 2 aliphatic heterocycles. The third-order valence-electron chi connectivity index (χ3n) is 7.13. The summed E-state index contributed by atoms with van der Waals surface area (Å²) in [5.41, 5.74) is 4.52. The number of benzene rings is 4. The van der Waals surface area contributed by atoms with Gasteiger partial charge in [-0.1, -0.05) is 78.0 Å². The van der Waals surface area contributed by atoms with Crippen molar-refractivity contribution in [1.82, 2.24) is 19.9 Å². The lowest BCUT2D eigenvalue weighted by atomic mass is 9.87. The molecule has 0 N–H and O–H groups in total. The summed E-state index contributed by atoms with van der Waals surface area (Å²) in [6, 6.07) is 32.1. The summed E-state index contributed by atoms with van der Waals surface area (Å²) in [6.45, 7) is 0. The Kier molecular flexibility index (Phi) is 4.24. The molecule has 33 heavy (non-hydrogen) atoms. The van der Waals surface area contributed by atoms with Gasteiger partial charge < -0.3 is 4.74 Å². The highest BCUT2D eigenvalue weighted by molar-refractivity contribution is 5.89. The van der Waals surface area contributed by atoms with Crippen molar-refractivity contribution in [2.75, 3.05) is 0 Å². The molecule has 1 aromatic heterocycles. The number of nitrogens with zero attached hydrogens (tertiary/aromatic N) is 4. The van der Waals surface area contributed by atoms with Gasteiger partial charge in [0.05, 0.1) is 11.6 Å². The van der Waals surface area contributed by atoms with Crippen LogP contribution in [0.1, 0.15) is 42.6 Å². The van der Waals surface area contributed by atoms with Crippen LogP contribution in [0, 0.1) is 0 Å². The molecule has 1 saturated heterocycles. The molecule has 0 unspecified atom stereocenters. The maximum atomic E-state index is 6.70. The van der Waals surface area contributed by atoms with E-state index < -0.39 is 0 Å². The van der Waals surface area contributed by atoms with Crippen LogP contribution in [0.4, 0.5) is 0 Å². The molecule has 5 heteroatoms. The van der Waals surface area contributed by atoms with E-state index in [1.807, 2.05) is 12.1 Å². The second-order valence-corrected chi connectivity index (χ2v) is 8.97. The van der Waals surface area contributed by atoms with Gasteiger partial charge >= 0.3 is 0 Å². The number of hydrogen-bond donors (Lipinski definition) is 0. The van der Waals surface area contributed by atoms with Crippen LogP contribution >= 0.6 is 0 Å². The minimum Gasteiger partial charge on any atom is -0.475 e. The van der Waals surface area contributed by atoms with Gasteiger partial charge in [-0.25, -0.2) is 9.58 Å². The number of aromatic nitrogens is 3. The Morgan fingerprint density at radius 3 is 2.55 bits per heavy atom. The van der Waals surface area contributed by atoms with E-state index in [-0.39, 0.29) is 18.4 Å². The zero-order chi connectivity index (χ0) is 21.8. The highest BCUT2D eigenvalue weighted by Gasteiger charge is 2.45. The lowest BCUT2D eigenvalue weighted by Gasteiger charge is -2.49. The SMILES string of the molecule is c1ccc([C@H]2c3c(ccc4ccccc34)O[C@@H]3CCC[C@@H](n4nnc5ccccc54)N23)cc1. The van der Waals surface area contributed by atoms with Crippen molar-refractivity contribution in [3.8, 4) is 5.75 Å². The summed E-state index contributed by atoms with van der Waals surface area (Å²) in [7, 11) is 0. The fourth-order valence-corrected chi connectivity index (χ4v) is 5.71. The first kappa shape index (κ1) is 18.8. The molecule has 0 amide bonds. The fraction of sp³-hybridized carbons (Fsp3) is 0.214. The molecular weight excluding hydrogens is 408 g/mol. The molecule has 162 valence electrons. The second-order valence-electron chi connectivity index (χ2n) is 8.97. The lowest BCUT2D eigenvalue weighted by molar-refractivity contribution is -0.100. The van der Waals surface area contributed by atoms with Gasteiger partial charge in [-0.15, -0.1) is 5.10 Å². The zero-order valence-corrected chi connectivity index (χ0v) is 18.2.